The second-order valence-corrected chi connectivity index (χ2v) is 4.21. The highest BCUT2D eigenvalue weighted by Gasteiger charge is 2.21. The first-order valence-electron chi connectivity index (χ1n) is 5.69. The van der Waals surface area contributed by atoms with Crippen LogP contribution < -0.4 is 5.48 Å². The molecule has 3 N–H and O–H groups in total. The highest BCUT2D eigenvalue weighted by molar-refractivity contribution is 6.00. The number of nitrogens with one attached hydrogen (secondary N) is 1. The van der Waals surface area contributed by atoms with Crippen LogP contribution in [0.15, 0.2) is 18.2 Å². The van der Waals surface area contributed by atoms with Crippen molar-refractivity contribution < 1.29 is 19.9 Å². The van der Waals surface area contributed by atoms with Crippen LogP contribution in [-0.4, -0.2) is 40.1 Å². The zero-order valence-electron chi connectivity index (χ0n) is 9.72. The summed E-state index contributed by atoms with van der Waals surface area (Å²) in [5.74, 6) is -1.16. The first-order chi connectivity index (χ1) is 8.61. The molecule has 0 bridgehead atoms. The van der Waals surface area contributed by atoms with E-state index >= 15 is 0 Å². The van der Waals surface area contributed by atoms with Gasteiger partial charge in [0, 0.05) is 24.2 Å². The molecule has 6 nitrogen and oxygen atoms in total. The van der Waals surface area contributed by atoms with Crippen molar-refractivity contribution in [1.29, 1.82) is 0 Å². The van der Waals surface area contributed by atoms with E-state index in [1.807, 2.05) is 0 Å². The summed E-state index contributed by atoms with van der Waals surface area (Å²) < 4.78 is 0. The fourth-order valence-electron chi connectivity index (χ4n) is 2.03. The number of carbonyl (C=O) groups excluding carboxylic acids is 2. The zero-order valence-corrected chi connectivity index (χ0v) is 9.72. The van der Waals surface area contributed by atoms with Crippen LogP contribution in [0.2, 0.25) is 0 Å². The second-order valence-electron chi connectivity index (χ2n) is 4.21. The lowest BCUT2D eigenvalue weighted by Gasteiger charge is -2.15. The van der Waals surface area contributed by atoms with Gasteiger partial charge in [-0.05, 0) is 31.0 Å². The third kappa shape index (κ3) is 2.43. The van der Waals surface area contributed by atoms with Crippen LogP contribution in [0.3, 0.4) is 0 Å². The van der Waals surface area contributed by atoms with E-state index in [2.05, 4.69) is 0 Å². The number of benzene rings is 1. The van der Waals surface area contributed by atoms with Gasteiger partial charge in [0.15, 0.2) is 0 Å². The monoisotopic (exact) mass is 250 g/mol. The zero-order chi connectivity index (χ0) is 13.1. The molecule has 1 aliphatic heterocycles. The van der Waals surface area contributed by atoms with Crippen molar-refractivity contribution in [2.45, 2.75) is 12.8 Å². The predicted octanol–water partition coefficient (Wildman–Crippen LogP) is 0.747. The number of amides is 2. The lowest BCUT2D eigenvalue weighted by Crippen LogP contribution is -2.28. The van der Waals surface area contributed by atoms with Gasteiger partial charge in [0.2, 0.25) is 0 Å². The SMILES string of the molecule is O=C(NO)c1cc(O)cc(C(=O)N2CCCC2)c1. The molecule has 0 atom stereocenters. The summed E-state index contributed by atoms with van der Waals surface area (Å²) in [5.41, 5.74) is 1.76. The molecule has 6 heteroatoms. The molecule has 1 aromatic rings. The fraction of sp³-hybridized carbons (Fsp3) is 0.333. The topological polar surface area (TPSA) is 89.9 Å². The van der Waals surface area contributed by atoms with Crippen molar-refractivity contribution in [3.05, 3.63) is 29.3 Å². The van der Waals surface area contributed by atoms with Gasteiger partial charge in [-0.1, -0.05) is 0 Å². The van der Waals surface area contributed by atoms with Crippen LogP contribution in [0.25, 0.3) is 0 Å². The fourth-order valence-corrected chi connectivity index (χ4v) is 2.03. The van der Waals surface area contributed by atoms with Crippen molar-refractivity contribution in [1.82, 2.24) is 10.4 Å². The minimum atomic E-state index is -0.763. The number of hydrogen-bond acceptors (Lipinski definition) is 4. The van der Waals surface area contributed by atoms with Gasteiger partial charge in [0.05, 0.1) is 0 Å². The molecule has 0 unspecified atom stereocenters. The van der Waals surface area contributed by atoms with Gasteiger partial charge >= 0.3 is 0 Å². The van der Waals surface area contributed by atoms with Gasteiger partial charge in [0.25, 0.3) is 11.8 Å². The van der Waals surface area contributed by atoms with E-state index in [0.29, 0.717) is 13.1 Å². The third-order valence-corrected chi connectivity index (χ3v) is 2.92. The number of nitrogens with zero attached hydrogens (tertiary/aromatic N) is 1. The summed E-state index contributed by atoms with van der Waals surface area (Å²) in [7, 11) is 0. The highest BCUT2D eigenvalue weighted by atomic mass is 16.5. The van der Waals surface area contributed by atoms with E-state index in [1.165, 1.54) is 23.7 Å². The molecule has 0 radical (unpaired) electrons. The molecular weight excluding hydrogens is 236 g/mol. The number of aromatic hydroxyl groups is 1. The quantitative estimate of drug-likeness (QED) is 0.533. The van der Waals surface area contributed by atoms with Crippen LogP contribution in [0.4, 0.5) is 0 Å². The average molecular weight is 250 g/mol. The normalized spacial score (nSPS) is 14.6. The van der Waals surface area contributed by atoms with E-state index in [0.717, 1.165) is 12.8 Å². The Morgan fingerprint density at radius 3 is 2.33 bits per heavy atom. The Morgan fingerprint density at radius 2 is 1.72 bits per heavy atom. The van der Waals surface area contributed by atoms with Gasteiger partial charge in [0.1, 0.15) is 5.75 Å². The average Bonchev–Trinajstić information content (AvgIpc) is 2.90. The van der Waals surface area contributed by atoms with E-state index in [-0.39, 0.29) is 22.8 Å². The maximum atomic E-state index is 12.1. The van der Waals surface area contributed by atoms with Crippen LogP contribution in [0.1, 0.15) is 33.6 Å². The summed E-state index contributed by atoms with van der Waals surface area (Å²) in [6, 6.07) is 3.85. The van der Waals surface area contributed by atoms with E-state index in [9.17, 15) is 14.7 Å². The van der Waals surface area contributed by atoms with Crippen molar-refractivity contribution in [3.63, 3.8) is 0 Å². The minimum Gasteiger partial charge on any atom is -0.508 e. The van der Waals surface area contributed by atoms with Crippen LogP contribution in [0.5, 0.6) is 5.75 Å². The maximum absolute atomic E-state index is 12.1. The molecule has 2 amide bonds. The predicted molar refractivity (Wildman–Crippen MR) is 62.5 cm³/mol. The number of carbonyl (C=O) groups is 2. The molecule has 0 saturated carbocycles. The Kier molecular flexibility index (Phi) is 3.47. The number of phenols is 1. The Balaban J connectivity index is 2.29. The molecule has 1 aromatic carbocycles. The summed E-state index contributed by atoms with van der Waals surface area (Å²) in [6.07, 6.45) is 1.93. The molecular formula is C12H14N2O4. The largest absolute Gasteiger partial charge is 0.508 e. The van der Waals surface area contributed by atoms with Gasteiger partial charge in [-0.25, -0.2) is 5.48 Å². The Morgan fingerprint density at radius 1 is 1.11 bits per heavy atom. The number of hydroxylamine groups is 1. The molecule has 1 fully saturated rings. The van der Waals surface area contributed by atoms with Crippen molar-refractivity contribution in [2.75, 3.05) is 13.1 Å². The van der Waals surface area contributed by atoms with Crippen LogP contribution >= 0.6 is 0 Å². The first kappa shape index (κ1) is 12.4. The molecule has 0 spiro atoms. The standard InChI is InChI=1S/C12H14N2O4/c15-10-6-8(11(16)13-18)5-9(7-10)12(17)14-3-1-2-4-14/h5-7,15,18H,1-4H2,(H,13,16). The molecule has 96 valence electrons. The van der Waals surface area contributed by atoms with Crippen LogP contribution in [-0.2, 0) is 0 Å². The minimum absolute atomic E-state index is 0.0417. The number of phenolic OH excluding ortho intramolecular Hbond substituents is 1. The molecule has 1 heterocycles. The van der Waals surface area contributed by atoms with Gasteiger partial charge in [-0.2, -0.15) is 0 Å². The van der Waals surface area contributed by atoms with Gasteiger partial charge in [-0.15, -0.1) is 0 Å². The second kappa shape index (κ2) is 5.05. The van der Waals surface area contributed by atoms with Gasteiger partial charge < -0.3 is 10.0 Å². The van der Waals surface area contributed by atoms with Crippen molar-refractivity contribution >= 4 is 11.8 Å². The van der Waals surface area contributed by atoms with Gasteiger partial charge in [-0.3, -0.25) is 14.8 Å². The Hall–Kier alpha value is -2.08. The Bertz CT molecular complexity index is 481. The van der Waals surface area contributed by atoms with E-state index in [1.54, 1.807) is 4.90 Å². The molecule has 0 aliphatic carbocycles. The molecule has 1 aliphatic rings. The maximum Gasteiger partial charge on any atom is 0.274 e. The third-order valence-electron chi connectivity index (χ3n) is 2.92. The Labute approximate surface area is 104 Å². The summed E-state index contributed by atoms with van der Waals surface area (Å²) in [4.78, 5) is 25.0. The molecule has 0 aromatic heterocycles. The smallest absolute Gasteiger partial charge is 0.274 e. The first-order valence-corrected chi connectivity index (χ1v) is 5.69. The number of rotatable bonds is 2. The number of likely N-dealkylation sites (tertiary alicyclic amines) is 1. The molecule has 18 heavy (non-hydrogen) atoms. The summed E-state index contributed by atoms with van der Waals surface area (Å²) in [6.45, 7) is 1.38. The lowest BCUT2D eigenvalue weighted by molar-refractivity contribution is 0.0706. The summed E-state index contributed by atoms with van der Waals surface area (Å²) >= 11 is 0. The van der Waals surface area contributed by atoms with E-state index < -0.39 is 5.91 Å². The van der Waals surface area contributed by atoms with E-state index in [4.69, 9.17) is 5.21 Å². The summed E-state index contributed by atoms with van der Waals surface area (Å²) in [5, 5.41) is 18.0. The highest BCUT2D eigenvalue weighted by Crippen LogP contribution is 2.19. The van der Waals surface area contributed by atoms with Crippen LogP contribution in [0, 0.1) is 0 Å². The lowest BCUT2D eigenvalue weighted by atomic mass is 10.1. The van der Waals surface area contributed by atoms with Crippen molar-refractivity contribution in [3.8, 4) is 5.75 Å². The van der Waals surface area contributed by atoms with Crippen molar-refractivity contribution in [2.24, 2.45) is 0 Å². The molecule has 1 saturated heterocycles. The number of hydrogen-bond donors (Lipinski definition) is 3. The molecule has 2 rings (SSSR count).